The molecule has 1 aromatic heterocycles. The number of nitrogen functional groups attached to an aromatic ring is 1. The van der Waals surface area contributed by atoms with Crippen molar-refractivity contribution in [3.05, 3.63) is 10.4 Å². The van der Waals surface area contributed by atoms with Crippen LogP contribution in [0.2, 0.25) is 0 Å². The van der Waals surface area contributed by atoms with Crippen LogP contribution < -0.4 is 10.7 Å². The number of rotatable bonds is 0. The highest BCUT2D eigenvalue weighted by Crippen LogP contribution is 2.01. The van der Waals surface area contributed by atoms with Crippen molar-refractivity contribution in [1.82, 2.24) is 0 Å². The van der Waals surface area contributed by atoms with E-state index in [4.69, 9.17) is 5.73 Å². The summed E-state index contributed by atoms with van der Waals surface area (Å²) in [4.78, 5) is 2.94. The van der Waals surface area contributed by atoms with Gasteiger partial charge in [0.15, 0.2) is 5.01 Å². The van der Waals surface area contributed by atoms with Crippen LogP contribution >= 0.6 is 11.3 Å². The molecule has 2 nitrogen and oxygen atoms in total. The number of hydrogen-bond acceptors (Lipinski definition) is 2. The van der Waals surface area contributed by atoms with Crippen molar-refractivity contribution < 1.29 is 4.98 Å². The van der Waals surface area contributed by atoms with Crippen molar-refractivity contribution in [3.8, 4) is 0 Å². The van der Waals surface area contributed by atoms with Gasteiger partial charge in [-0.1, -0.05) is 11.3 Å². The van der Waals surface area contributed by atoms with E-state index in [0.29, 0.717) is 0 Å². The van der Waals surface area contributed by atoms with Crippen LogP contribution in [-0.4, -0.2) is 0 Å². The molecule has 1 rings (SSSR count). The fraction of sp³-hybridized carbons (Fsp3) is 0.250. The molecule has 0 bridgehead atoms. The number of nitrogens with two attached hydrogens (primary N) is 1. The Hall–Kier alpha value is -0.570. The van der Waals surface area contributed by atoms with Gasteiger partial charge in [-0.3, -0.25) is 5.73 Å². The number of aryl methyl sites for hydroxylation is 1. The Morgan fingerprint density at radius 2 is 2.57 bits per heavy atom. The number of hydrogen-bond donors (Lipinski definition) is 1. The standard InChI is InChI=1S/C4H6N2S/c1-3-6-4(5)2-7-3/h2H,5H2,1H3/p+1. The molecule has 0 fully saturated rings. The molecule has 0 aromatic carbocycles. The predicted molar refractivity (Wildman–Crippen MR) is 30.0 cm³/mol. The van der Waals surface area contributed by atoms with Crippen molar-refractivity contribution in [3.63, 3.8) is 0 Å². The van der Waals surface area contributed by atoms with Gasteiger partial charge < -0.3 is 0 Å². The van der Waals surface area contributed by atoms with Crippen molar-refractivity contribution in [2.75, 3.05) is 5.73 Å². The summed E-state index contributed by atoms with van der Waals surface area (Å²) in [5, 5.41) is 3.03. The van der Waals surface area contributed by atoms with Gasteiger partial charge in [0, 0.05) is 6.92 Å². The lowest BCUT2D eigenvalue weighted by molar-refractivity contribution is -0.362. The zero-order chi connectivity index (χ0) is 5.28. The number of nitrogens with one attached hydrogen (secondary N) is 1. The van der Waals surface area contributed by atoms with E-state index in [9.17, 15) is 0 Å². The summed E-state index contributed by atoms with van der Waals surface area (Å²) in [6.45, 7) is 1.99. The first kappa shape index (κ1) is 4.59. The molecular weight excluding hydrogens is 108 g/mol. The van der Waals surface area contributed by atoms with Crippen LogP contribution in [-0.2, 0) is 0 Å². The number of H-pyrrole nitrogens is 1. The maximum absolute atomic E-state index is 5.33. The molecular formula is C4H7N2S+. The summed E-state index contributed by atoms with van der Waals surface area (Å²) in [7, 11) is 0. The maximum Gasteiger partial charge on any atom is 0.281 e. The third-order valence-corrected chi connectivity index (χ3v) is 1.51. The molecule has 3 N–H and O–H groups in total. The highest BCUT2D eigenvalue weighted by molar-refractivity contribution is 7.09. The van der Waals surface area contributed by atoms with Crippen molar-refractivity contribution >= 4 is 17.2 Å². The van der Waals surface area contributed by atoms with Crippen LogP contribution in [0.4, 0.5) is 5.82 Å². The average molecular weight is 115 g/mol. The summed E-state index contributed by atoms with van der Waals surface area (Å²) in [5.74, 6) is 0.752. The SMILES string of the molecule is Cc1[nH+]c(N)cs1. The summed E-state index contributed by atoms with van der Waals surface area (Å²) in [6, 6.07) is 0. The molecule has 1 aromatic rings. The summed E-state index contributed by atoms with van der Waals surface area (Å²) < 4.78 is 0. The second-order valence-electron chi connectivity index (χ2n) is 1.37. The van der Waals surface area contributed by atoms with Crippen LogP contribution in [0.15, 0.2) is 5.38 Å². The lowest BCUT2D eigenvalue weighted by Gasteiger charge is -1.66. The quantitative estimate of drug-likeness (QED) is 0.524. The second kappa shape index (κ2) is 1.50. The topological polar surface area (TPSA) is 40.2 Å². The molecule has 0 saturated carbocycles. The Morgan fingerprint density at radius 1 is 1.86 bits per heavy atom. The van der Waals surface area contributed by atoms with E-state index in [0.717, 1.165) is 10.8 Å². The van der Waals surface area contributed by atoms with E-state index in [1.807, 2.05) is 12.3 Å². The van der Waals surface area contributed by atoms with Crippen LogP contribution in [0.1, 0.15) is 5.01 Å². The van der Waals surface area contributed by atoms with Gasteiger partial charge in [-0.25, -0.2) is 4.98 Å². The molecule has 0 aliphatic carbocycles. The lowest BCUT2D eigenvalue weighted by Crippen LogP contribution is -2.06. The molecule has 0 unspecified atom stereocenters. The van der Waals surface area contributed by atoms with Gasteiger partial charge >= 0.3 is 0 Å². The molecule has 7 heavy (non-hydrogen) atoms. The van der Waals surface area contributed by atoms with Gasteiger partial charge in [0.1, 0.15) is 0 Å². The molecule has 0 aliphatic heterocycles. The molecule has 0 aliphatic rings. The maximum atomic E-state index is 5.33. The van der Waals surface area contributed by atoms with Gasteiger partial charge in [-0.15, -0.1) is 0 Å². The minimum Gasteiger partial charge on any atom is -0.286 e. The van der Waals surface area contributed by atoms with Crippen LogP contribution in [0.5, 0.6) is 0 Å². The molecule has 0 saturated heterocycles. The van der Waals surface area contributed by atoms with E-state index in [1.54, 1.807) is 11.3 Å². The third-order valence-electron chi connectivity index (χ3n) is 0.683. The van der Waals surface area contributed by atoms with E-state index < -0.39 is 0 Å². The third kappa shape index (κ3) is 0.899. The lowest BCUT2D eigenvalue weighted by atomic mass is 10.8. The Bertz CT molecular complexity index is 142. The molecule has 0 radical (unpaired) electrons. The molecule has 1 heterocycles. The van der Waals surface area contributed by atoms with Gasteiger partial charge in [0.2, 0.25) is 0 Å². The molecule has 0 spiro atoms. The number of aromatic amines is 1. The second-order valence-corrected chi connectivity index (χ2v) is 2.46. The van der Waals surface area contributed by atoms with E-state index in [1.165, 1.54) is 0 Å². The van der Waals surface area contributed by atoms with Gasteiger partial charge in [0.05, 0.1) is 5.38 Å². The molecule has 0 amide bonds. The number of thiazole rings is 1. The van der Waals surface area contributed by atoms with Gasteiger partial charge in [-0.2, -0.15) is 0 Å². The minimum absolute atomic E-state index is 0.752. The monoisotopic (exact) mass is 115 g/mol. The molecule has 3 heteroatoms. The average Bonchev–Trinajstić information content (AvgIpc) is 1.87. The first-order valence-corrected chi connectivity index (χ1v) is 2.90. The van der Waals surface area contributed by atoms with Crippen LogP contribution in [0.3, 0.4) is 0 Å². The normalized spacial score (nSPS) is 9.29. The highest BCUT2D eigenvalue weighted by Gasteiger charge is 1.93. The highest BCUT2D eigenvalue weighted by atomic mass is 32.1. The van der Waals surface area contributed by atoms with E-state index in [2.05, 4.69) is 4.98 Å². The Kier molecular flexibility index (Phi) is 0.982. The number of anilines is 1. The largest absolute Gasteiger partial charge is 0.286 e. The minimum atomic E-state index is 0.752. The Balaban J connectivity index is 3.04. The van der Waals surface area contributed by atoms with Crippen molar-refractivity contribution in [1.29, 1.82) is 0 Å². The van der Waals surface area contributed by atoms with Crippen LogP contribution in [0, 0.1) is 6.92 Å². The Morgan fingerprint density at radius 3 is 2.71 bits per heavy atom. The predicted octanol–water partition coefficient (Wildman–Crippen LogP) is 0.453. The summed E-state index contributed by atoms with van der Waals surface area (Å²) in [5.41, 5.74) is 5.33. The molecule has 38 valence electrons. The summed E-state index contributed by atoms with van der Waals surface area (Å²) in [6.07, 6.45) is 0. The molecule has 0 atom stereocenters. The van der Waals surface area contributed by atoms with Gasteiger partial charge in [0.25, 0.3) is 5.82 Å². The smallest absolute Gasteiger partial charge is 0.281 e. The first-order chi connectivity index (χ1) is 3.29. The number of aromatic nitrogens is 1. The zero-order valence-corrected chi connectivity index (χ0v) is 4.88. The Labute approximate surface area is 46.0 Å². The van der Waals surface area contributed by atoms with Crippen molar-refractivity contribution in [2.45, 2.75) is 6.92 Å². The fourth-order valence-electron chi connectivity index (χ4n) is 0.414. The fourth-order valence-corrected chi connectivity index (χ4v) is 0.954. The zero-order valence-electron chi connectivity index (χ0n) is 4.06. The van der Waals surface area contributed by atoms with Gasteiger partial charge in [-0.05, 0) is 0 Å². The van der Waals surface area contributed by atoms with Crippen LogP contribution in [0.25, 0.3) is 0 Å². The summed E-state index contributed by atoms with van der Waals surface area (Å²) >= 11 is 1.62. The van der Waals surface area contributed by atoms with E-state index in [-0.39, 0.29) is 0 Å². The first-order valence-electron chi connectivity index (χ1n) is 2.02. The van der Waals surface area contributed by atoms with E-state index >= 15 is 0 Å². The van der Waals surface area contributed by atoms with Crippen molar-refractivity contribution in [2.24, 2.45) is 0 Å².